The van der Waals surface area contributed by atoms with Crippen molar-refractivity contribution in [1.29, 1.82) is 0 Å². The van der Waals surface area contributed by atoms with Gasteiger partial charge in [0.05, 0.1) is 0 Å². The average Bonchev–Trinajstić information content (AvgIpc) is 1.99. The highest BCUT2D eigenvalue weighted by Gasteiger charge is 2.15. The largest absolute Gasteiger partial charge is 0.480 e. The second kappa shape index (κ2) is 4.63. The van der Waals surface area contributed by atoms with Crippen LogP contribution >= 0.6 is 15.9 Å². The van der Waals surface area contributed by atoms with Crippen LogP contribution in [0.1, 0.15) is 0 Å². The highest BCUT2D eigenvalue weighted by Crippen LogP contribution is 2.16. The zero-order valence-electron chi connectivity index (χ0n) is 7.47. The van der Waals surface area contributed by atoms with Gasteiger partial charge in [0.1, 0.15) is 0 Å². The molecular weight excluding hydrogens is 286 g/mol. The molecule has 0 spiro atoms. The predicted molar refractivity (Wildman–Crippen MR) is 59.2 cm³/mol. The quantitative estimate of drug-likeness (QED) is 0.876. The predicted octanol–water partition coefficient (Wildman–Crippen LogP) is 1.28. The summed E-state index contributed by atoms with van der Waals surface area (Å²) in [5.41, 5.74) is 0.325. The summed E-state index contributed by atoms with van der Waals surface area (Å²) in [5, 5.41) is 8.35. The molecule has 0 aliphatic heterocycles. The van der Waals surface area contributed by atoms with Crippen molar-refractivity contribution in [2.45, 2.75) is 0 Å². The minimum Gasteiger partial charge on any atom is -0.480 e. The van der Waals surface area contributed by atoms with Gasteiger partial charge in [0, 0.05) is 10.2 Å². The maximum absolute atomic E-state index is 11.2. The fourth-order valence-corrected chi connectivity index (χ4v) is 2.21. The molecule has 0 aliphatic rings. The van der Waals surface area contributed by atoms with Crippen molar-refractivity contribution in [3.63, 3.8) is 0 Å². The van der Waals surface area contributed by atoms with E-state index in [0.717, 1.165) is 0 Å². The normalized spacial score (nSPS) is 11.0. The zero-order chi connectivity index (χ0) is 11.5. The molecular formula is C8H8BrNO4S. The number of hydrogen-bond acceptors (Lipinski definition) is 3. The molecule has 0 unspecified atom stereocenters. The third kappa shape index (κ3) is 4.30. The Bertz CT molecular complexity index is 471. The van der Waals surface area contributed by atoms with Crippen LogP contribution in [0.5, 0.6) is 0 Å². The Morgan fingerprint density at radius 2 is 2.13 bits per heavy atom. The number of halogens is 1. The van der Waals surface area contributed by atoms with Crippen molar-refractivity contribution in [3.05, 3.63) is 28.7 Å². The molecule has 1 rings (SSSR count). The van der Waals surface area contributed by atoms with Gasteiger partial charge in [0.25, 0.3) is 0 Å². The van der Waals surface area contributed by atoms with E-state index in [1.807, 2.05) is 0 Å². The van der Waals surface area contributed by atoms with Gasteiger partial charge in [-0.15, -0.1) is 0 Å². The number of carboxylic acid groups (broad SMARTS) is 1. The van der Waals surface area contributed by atoms with Gasteiger partial charge in [-0.3, -0.25) is 9.52 Å². The zero-order valence-corrected chi connectivity index (χ0v) is 9.88. The number of sulfonamides is 1. The molecule has 82 valence electrons. The highest BCUT2D eigenvalue weighted by atomic mass is 79.9. The van der Waals surface area contributed by atoms with Crippen molar-refractivity contribution in [1.82, 2.24) is 0 Å². The van der Waals surface area contributed by atoms with Crippen molar-refractivity contribution in [3.8, 4) is 0 Å². The van der Waals surface area contributed by atoms with Crippen molar-refractivity contribution < 1.29 is 18.3 Å². The van der Waals surface area contributed by atoms with Gasteiger partial charge < -0.3 is 5.11 Å². The molecule has 0 bridgehead atoms. The first kappa shape index (κ1) is 12.0. The number of benzene rings is 1. The summed E-state index contributed by atoms with van der Waals surface area (Å²) in [5.74, 6) is -2.34. The monoisotopic (exact) mass is 293 g/mol. The maximum Gasteiger partial charge on any atom is 0.320 e. The third-order valence-corrected chi connectivity index (χ3v) is 3.08. The van der Waals surface area contributed by atoms with E-state index in [4.69, 9.17) is 5.11 Å². The van der Waals surface area contributed by atoms with Crippen molar-refractivity contribution in [2.75, 3.05) is 10.5 Å². The summed E-state index contributed by atoms with van der Waals surface area (Å²) in [6.07, 6.45) is 0. The molecule has 0 fully saturated rings. The van der Waals surface area contributed by atoms with E-state index >= 15 is 0 Å². The van der Waals surface area contributed by atoms with Gasteiger partial charge in [-0.05, 0) is 18.2 Å². The molecule has 0 heterocycles. The van der Waals surface area contributed by atoms with Crippen LogP contribution in [0.3, 0.4) is 0 Å². The standard InChI is InChI=1S/C8H8BrNO4S/c9-6-2-1-3-7(4-6)10-15(13,14)5-8(11)12/h1-4,10H,5H2,(H,11,12). The molecule has 0 atom stereocenters. The molecule has 2 N–H and O–H groups in total. The number of rotatable bonds is 4. The molecule has 0 aliphatic carbocycles. The Hall–Kier alpha value is -1.08. The van der Waals surface area contributed by atoms with Crippen LogP contribution in [0.2, 0.25) is 0 Å². The fraction of sp³-hybridized carbons (Fsp3) is 0.125. The first-order valence-corrected chi connectivity index (χ1v) is 6.31. The van der Waals surface area contributed by atoms with Gasteiger partial charge in [-0.1, -0.05) is 22.0 Å². The topological polar surface area (TPSA) is 83.5 Å². The second-order valence-corrected chi connectivity index (χ2v) is 5.40. The van der Waals surface area contributed by atoms with Gasteiger partial charge >= 0.3 is 5.97 Å². The number of aliphatic carboxylic acids is 1. The summed E-state index contributed by atoms with van der Waals surface area (Å²) in [6, 6.07) is 6.45. The van der Waals surface area contributed by atoms with Gasteiger partial charge in [0.15, 0.2) is 5.75 Å². The van der Waals surface area contributed by atoms with E-state index in [1.165, 1.54) is 6.07 Å². The molecule has 0 saturated heterocycles. The maximum atomic E-state index is 11.2. The molecule has 5 nitrogen and oxygen atoms in total. The Kier molecular flexibility index (Phi) is 3.70. The van der Waals surface area contributed by atoms with Crippen LogP contribution in [0.15, 0.2) is 28.7 Å². The smallest absolute Gasteiger partial charge is 0.320 e. The molecule has 0 radical (unpaired) electrons. The minimum absolute atomic E-state index is 0.325. The first-order chi connectivity index (χ1) is 6.89. The molecule has 0 saturated carbocycles. The van der Waals surface area contributed by atoms with Crippen LogP contribution in [0, 0.1) is 0 Å². The molecule has 1 aromatic carbocycles. The fourth-order valence-electron chi connectivity index (χ4n) is 0.930. The van der Waals surface area contributed by atoms with Crippen LogP contribution in [-0.4, -0.2) is 25.2 Å². The van der Waals surface area contributed by atoms with Crippen LogP contribution in [0.25, 0.3) is 0 Å². The number of carboxylic acids is 1. The van der Waals surface area contributed by atoms with Crippen LogP contribution < -0.4 is 4.72 Å². The highest BCUT2D eigenvalue weighted by molar-refractivity contribution is 9.10. The van der Waals surface area contributed by atoms with E-state index in [0.29, 0.717) is 10.2 Å². The van der Waals surface area contributed by atoms with E-state index in [2.05, 4.69) is 20.7 Å². The minimum atomic E-state index is -3.82. The van der Waals surface area contributed by atoms with Crippen LogP contribution in [-0.2, 0) is 14.8 Å². The number of carbonyl (C=O) groups is 1. The Labute approximate surface area is 95.3 Å². The lowest BCUT2D eigenvalue weighted by Gasteiger charge is -2.05. The average molecular weight is 294 g/mol. The van der Waals surface area contributed by atoms with Crippen LogP contribution in [0.4, 0.5) is 5.69 Å². The van der Waals surface area contributed by atoms with E-state index < -0.39 is 21.7 Å². The molecule has 0 aromatic heterocycles. The second-order valence-electron chi connectivity index (χ2n) is 2.77. The van der Waals surface area contributed by atoms with Crippen molar-refractivity contribution in [2.24, 2.45) is 0 Å². The SMILES string of the molecule is O=C(O)CS(=O)(=O)Nc1cccc(Br)c1. The summed E-state index contributed by atoms with van der Waals surface area (Å²) >= 11 is 3.17. The third-order valence-electron chi connectivity index (χ3n) is 1.41. The summed E-state index contributed by atoms with van der Waals surface area (Å²) < 4.78 is 25.3. The van der Waals surface area contributed by atoms with Gasteiger partial charge in [0.2, 0.25) is 10.0 Å². The lowest BCUT2D eigenvalue weighted by Crippen LogP contribution is -2.22. The number of anilines is 1. The number of nitrogens with one attached hydrogen (secondary N) is 1. The Balaban J connectivity index is 2.82. The summed E-state index contributed by atoms with van der Waals surface area (Å²) in [7, 11) is -3.82. The van der Waals surface area contributed by atoms with Crippen molar-refractivity contribution >= 4 is 37.6 Å². The van der Waals surface area contributed by atoms with Gasteiger partial charge in [-0.2, -0.15) is 0 Å². The molecule has 1 aromatic rings. The van der Waals surface area contributed by atoms with E-state index in [9.17, 15) is 13.2 Å². The molecule has 15 heavy (non-hydrogen) atoms. The van der Waals surface area contributed by atoms with E-state index in [1.54, 1.807) is 18.2 Å². The molecule has 0 amide bonds. The summed E-state index contributed by atoms with van der Waals surface area (Å²) in [6.45, 7) is 0. The first-order valence-electron chi connectivity index (χ1n) is 3.87. The Morgan fingerprint density at radius 1 is 1.47 bits per heavy atom. The van der Waals surface area contributed by atoms with E-state index in [-0.39, 0.29) is 0 Å². The Morgan fingerprint density at radius 3 is 2.67 bits per heavy atom. The molecule has 7 heteroatoms. The number of hydrogen-bond donors (Lipinski definition) is 2. The lowest BCUT2D eigenvalue weighted by atomic mass is 10.3. The van der Waals surface area contributed by atoms with Gasteiger partial charge in [-0.25, -0.2) is 8.42 Å². The summed E-state index contributed by atoms with van der Waals surface area (Å²) in [4.78, 5) is 10.2. The lowest BCUT2D eigenvalue weighted by molar-refractivity contribution is -0.134.